The highest BCUT2D eigenvalue weighted by Crippen LogP contribution is 2.68. The maximum absolute atomic E-state index is 12.5. The van der Waals surface area contributed by atoms with Gasteiger partial charge in [-0.2, -0.15) is 5.26 Å². The van der Waals surface area contributed by atoms with Crippen LogP contribution in [0.15, 0.2) is 42.5 Å². The third kappa shape index (κ3) is 3.63. The van der Waals surface area contributed by atoms with Crippen molar-refractivity contribution in [2.45, 2.75) is 33.8 Å². The van der Waals surface area contributed by atoms with Gasteiger partial charge in [0.25, 0.3) is 0 Å². The molecule has 1 aromatic carbocycles. The number of hydrogen-bond donors (Lipinski definition) is 0. The van der Waals surface area contributed by atoms with E-state index >= 15 is 0 Å². The molecule has 0 N–H and O–H groups in total. The van der Waals surface area contributed by atoms with Gasteiger partial charge in [-0.05, 0) is 41.2 Å². The Kier molecular flexibility index (Phi) is 4.88. The Labute approximate surface area is 163 Å². The van der Waals surface area contributed by atoms with Gasteiger partial charge in [-0.15, -0.1) is 0 Å². The van der Waals surface area contributed by atoms with Gasteiger partial charge in [-0.1, -0.05) is 45.4 Å². The molecule has 1 atom stereocenters. The summed E-state index contributed by atoms with van der Waals surface area (Å²) in [7, 11) is 0. The second-order valence-electron chi connectivity index (χ2n) is 7.78. The molecule has 0 saturated heterocycles. The first kappa shape index (κ1) is 19.2. The number of benzene rings is 1. The Bertz CT molecular complexity index is 886. The summed E-state index contributed by atoms with van der Waals surface area (Å²) in [5.74, 6) is 0.256. The predicted octanol–water partition coefficient (Wildman–Crippen LogP) is 5.32. The Balaban J connectivity index is 1.74. The zero-order valence-electron chi connectivity index (χ0n) is 15.7. The first-order valence-electron chi connectivity index (χ1n) is 8.67. The highest BCUT2D eigenvalue weighted by molar-refractivity contribution is 6.30. The molecule has 1 saturated carbocycles. The molecule has 2 aromatic rings. The van der Waals surface area contributed by atoms with Crippen LogP contribution in [0.4, 0.5) is 0 Å². The lowest BCUT2D eigenvalue weighted by molar-refractivity contribution is -0.150. The molecule has 1 aromatic heterocycles. The second kappa shape index (κ2) is 6.86. The molecule has 27 heavy (non-hydrogen) atoms. The van der Waals surface area contributed by atoms with Crippen molar-refractivity contribution in [1.82, 2.24) is 4.98 Å². The van der Waals surface area contributed by atoms with Crippen LogP contribution in [-0.4, -0.2) is 11.0 Å². The van der Waals surface area contributed by atoms with E-state index in [9.17, 15) is 10.1 Å². The number of carbonyl (C=O) groups is 1. The molecule has 0 aliphatic heterocycles. The average molecular weight is 385 g/mol. The number of nitrogens with zero attached hydrogens (tertiary/aromatic N) is 2. The molecule has 1 heterocycles. The van der Waals surface area contributed by atoms with E-state index in [0.717, 1.165) is 0 Å². The van der Waals surface area contributed by atoms with Crippen molar-refractivity contribution in [1.29, 1.82) is 5.26 Å². The van der Waals surface area contributed by atoms with Gasteiger partial charge < -0.3 is 9.47 Å². The van der Waals surface area contributed by atoms with E-state index in [0.29, 0.717) is 22.3 Å². The Hall–Kier alpha value is -2.58. The lowest BCUT2D eigenvalue weighted by atomic mass is 10.0. The SMILES string of the molecule is CC1(C)C(C(=O)OC(C#N)c2cccc(Oc3ccc(Cl)cc3)n2)C1(C)C. The summed E-state index contributed by atoms with van der Waals surface area (Å²) in [5, 5.41) is 10.1. The van der Waals surface area contributed by atoms with E-state index in [1.54, 1.807) is 42.5 Å². The molecule has 0 amide bonds. The molecule has 1 aliphatic rings. The molecule has 0 bridgehead atoms. The fourth-order valence-electron chi connectivity index (χ4n) is 3.38. The van der Waals surface area contributed by atoms with Crippen molar-refractivity contribution in [3.8, 4) is 17.7 Å². The van der Waals surface area contributed by atoms with E-state index in [1.165, 1.54) is 0 Å². The zero-order valence-corrected chi connectivity index (χ0v) is 16.4. The van der Waals surface area contributed by atoms with E-state index in [2.05, 4.69) is 4.98 Å². The van der Waals surface area contributed by atoms with Gasteiger partial charge in [-0.25, -0.2) is 4.98 Å². The van der Waals surface area contributed by atoms with Crippen LogP contribution in [0.1, 0.15) is 39.5 Å². The molecule has 1 aliphatic carbocycles. The molecule has 0 radical (unpaired) electrons. The van der Waals surface area contributed by atoms with E-state index < -0.39 is 6.10 Å². The topological polar surface area (TPSA) is 72.2 Å². The van der Waals surface area contributed by atoms with Crippen LogP contribution in [0.2, 0.25) is 5.02 Å². The molecule has 3 rings (SSSR count). The van der Waals surface area contributed by atoms with Crippen LogP contribution >= 0.6 is 11.6 Å². The van der Waals surface area contributed by atoms with Crippen LogP contribution in [0.5, 0.6) is 11.6 Å². The number of carbonyl (C=O) groups excluding carboxylic acids is 1. The minimum atomic E-state index is -1.08. The largest absolute Gasteiger partial charge is 0.440 e. The number of pyridine rings is 1. The summed E-state index contributed by atoms with van der Waals surface area (Å²) in [6.45, 7) is 8.11. The number of halogens is 1. The highest BCUT2D eigenvalue weighted by Gasteiger charge is 2.69. The fourth-order valence-corrected chi connectivity index (χ4v) is 3.51. The van der Waals surface area contributed by atoms with Gasteiger partial charge in [0.1, 0.15) is 11.8 Å². The lowest BCUT2D eigenvalue weighted by Crippen LogP contribution is -2.16. The average Bonchev–Trinajstić information content (AvgIpc) is 3.04. The summed E-state index contributed by atoms with van der Waals surface area (Å²) >= 11 is 5.86. The number of ether oxygens (including phenoxy) is 2. The molecular formula is C21H21ClN2O3. The predicted molar refractivity (Wildman–Crippen MR) is 101 cm³/mol. The van der Waals surface area contributed by atoms with Crippen LogP contribution in [0.25, 0.3) is 0 Å². The van der Waals surface area contributed by atoms with Crippen LogP contribution in [0, 0.1) is 28.1 Å². The summed E-state index contributed by atoms with van der Waals surface area (Å²) in [6, 6.07) is 13.9. The molecule has 0 spiro atoms. The number of rotatable bonds is 5. The summed E-state index contributed by atoms with van der Waals surface area (Å²) in [4.78, 5) is 16.9. The summed E-state index contributed by atoms with van der Waals surface area (Å²) in [5.41, 5.74) is 0.0160. The van der Waals surface area contributed by atoms with Crippen LogP contribution in [0.3, 0.4) is 0 Å². The monoisotopic (exact) mass is 384 g/mol. The Morgan fingerprint density at radius 3 is 2.33 bits per heavy atom. The first-order valence-corrected chi connectivity index (χ1v) is 9.05. The number of esters is 1. The summed E-state index contributed by atoms with van der Waals surface area (Å²) in [6.07, 6.45) is -1.08. The normalized spacial score (nSPS) is 18.2. The maximum atomic E-state index is 12.5. The number of aromatic nitrogens is 1. The van der Waals surface area contributed by atoms with E-state index in [4.69, 9.17) is 21.1 Å². The highest BCUT2D eigenvalue weighted by atomic mass is 35.5. The zero-order chi connectivity index (χ0) is 19.8. The third-order valence-corrected chi connectivity index (χ3v) is 5.91. The standard InChI is InChI=1S/C21H21ClN2O3/c1-20(2)18(21(20,3)4)19(25)27-16(12-23)15-6-5-7-17(24-15)26-14-10-8-13(22)9-11-14/h5-11,16,18H,1-4H3. The number of hydrogen-bond acceptors (Lipinski definition) is 5. The minimum Gasteiger partial charge on any atom is -0.440 e. The van der Waals surface area contributed by atoms with Crippen molar-refractivity contribution in [2.24, 2.45) is 16.7 Å². The molecule has 140 valence electrons. The van der Waals surface area contributed by atoms with Crippen molar-refractivity contribution in [3.05, 3.63) is 53.2 Å². The van der Waals surface area contributed by atoms with Crippen LogP contribution in [-0.2, 0) is 9.53 Å². The Morgan fingerprint density at radius 1 is 1.15 bits per heavy atom. The van der Waals surface area contributed by atoms with Crippen molar-refractivity contribution in [3.63, 3.8) is 0 Å². The van der Waals surface area contributed by atoms with E-state index in [-0.39, 0.29) is 22.7 Å². The Morgan fingerprint density at radius 2 is 1.78 bits per heavy atom. The molecule has 1 unspecified atom stereocenters. The van der Waals surface area contributed by atoms with Gasteiger partial charge in [0.05, 0.1) is 11.6 Å². The molecule has 1 fully saturated rings. The smallest absolute Gasteiger partial charge is 0.311 e. The fraction of sp³-hybridized carbons (Fsp3) is 0.381. The van der Waals surface area contributed by atoms with E-state index in [1.807, 2.05) is 33.8 Å². The van der Waals surface area contributed by atoms with Gasteiger partial charge >= 0.3 is 5.97 Å². The maximum Gasteiger partial charge on any atom is 0.311 e. The van der Waals surface area contributed by atoms with Gasteiger partial charge in [0.2, 0.25) is 12.0 Å². The van der Waals surface area contributed by atoms with Gasteiger partial charge in [-0.3, -0.25) is 4.79 Å². The van der Waals surface area contributed by atoms with Gasteiger partial charge in [0.15, 0.2) is 0 Å². The summed E-state index contributed by atoms with van der Waals surface area (Å²) < 4.78 is 11.1. The quantitative estimate of drug-likeness (QED) is 0.652. The van der Waals surface area contributed by atoms with Crippen molar-refractivity contribution in [2.75, 3.05) is 0 Å². The lowest BCUT2D eigenvalue weighted by Gasteiger charge is -2.13. The van der Waals surface area contributed by atoms with Crippen molar-refractivity contribution < 1.29 is 14.3 Å². The van der Waals surface area contributed by atoms with Crippen LogP contribution < -0.4 is 4.74 Å². The third-order valence-electron chi connectivity index (χ3n) is 5.66. The second-order valence-corrected chi connectivity index (χ2v) is 8.22. The number of nitriles is 1. The molecular weight excluding hydrogens is 364 g/mol. The molecule has 5 nitrogen and oxygen atoms in total. The minimum absolute atomic E-state index is 0.156. The van der Waals surface area contributed by atoms with Crippen molar-refractivity contribution >= 4 is 17.6 Å². The van der Waals surface area contributed by atoms with Gasteiger partial charge in [0, 0.05) is 11.1 Å². The first-order chi connectivity index (χ1) is 12.7. The molecule has 6 heteroatoms.